The standard InChI is InChI=1S/C18H18O4/c1-20-13-17(18(19)21-2)16-11-7-6-8-14(16)12-22-15-9-4-3-5-10-15/h3-11,13H,12H2,1-2H3. The van der Waals surface area contributed by atoms with Crippen molar-refractivity contribution in [2.75, 3.05) is 14.2 Å². The van der Waals surface area contributed by atoms with Crippen LogP contribution in [0.25, 0.3) is 5.57 Å². The minimum absolute atomic E-state index is 0.345. The zero-order chi connectivity index (χ0) is 15.8. The maximum absolute atomic E-state index is 11.9. The lowest BCUT2D eigenvalue weighted by atomic mass is 10.0. The first-order valence-corrected chi connectivity index (χ1v) is 6.83. The van der Waals surface area contributed by atoms with E-state index in [0.717, 1.165) is 16.9 Å². The van der Waals surface area contributed by atoms with Crippen molar-refractivity contribution in [2.45, 2.75) is 6.61 Å². The second-order valence-electron chi connectivity index (χ2n) is 4.52. The van der Waals surface area contributed by atoms with Crippen LogP contribution in [0.4, 0.5) is 0 Å². The van der Waals surface area contributed by atoms with Crippen LogP contribution in [0.1, 0.15) is 11.1 Å². The van der Waals surface area contributed by atoms with Crippen molar-refractivity contribution in [3.05, 3.63) is 72.0 Å². The van der Waals surface area contributed by atoms with Crippen LogP contribution >= 0.6 is 0 Å². The summed E-state index contributed by atoms with van der Waals surface area (Å²) in [5.74, 6) is 0.321. The highest BCUT2D eigenvalue weighted by Gasteiger charge is 2.16. The zero-order valence-electron chi connectivity index (χ0n) is 12.6. The van der Waals surface area contributed by atoms with Crippen LogP contribution in [-0.4, -0.2) is 20.2 Å². The van der Waals surface area contributed by atoms with E-state index in [9.17, 15) is 4.79 Å². The lowest BCUT2D eigenvalue weighted by molar-refractivity contribution is -0.133. The molecule has 0 atom stereocenters. The summed E-state index contributed by atoms with van der Waals surface area (Å²) >= 11 is 0. The summed E-state index contributed by atoms with van der Waals surface area (Å²) in [7, 11) is 2.83. The molecule has 0 aliphatic carbocycles. The highest BCUT2D eigenvalue weighted by molar-refractivity contribution is 6.16. The fraction of sp³-hybridized carbons (Fsp3) is 0.167. The Hall–Kier alpha value is -2.75. The van der Waals surface area contributed by atoms with Gasteiger partial charge >= 0.3 is 5.97 Å². The fourth-order valence-electron chi connectivity index (χ4n) is 2.04. The Bertz CT molecular complexity index is 647. The number of carbonyl (C=O) groups excluding carboxylic acids is 1. The summed E-state index contributed by atoms with van der Waals surface area (Å²) in [6.45, 7) is 0.345. The molecule has 0 saturated heterocycles. The molecule has 0 spiro atoms. The zero-order valence-corrected chi connectivity index (χ0v) is 12.6. The van der Waals surface area contributed by atoms with Crippen molar-refractivity contribution in [2.24, 2.45) is 0 Å². The van der Waals surface area contributed by atoms with Crippen LogP contribution in [0.2, 0.25) is 0 Å². The lowest BCUT2D eigenvalue weighted by Crippen LogP contribution is -2.08. The third kappa shape index (κ3) is 3.88. The Morgan fingerprint density at radius 1 is 1.00 bits per heavy atom. The quantitative estimate of drug-likeness (QED) is 0.465. The van der Waals surface area contributed by atoms with E-state index in [4.69, 9.17) is 14.2 Å². The first kappa shape index (κ1) is 15.6. The molecule has 0 aromatic heterocycles. The predicted molar refractivity (Wildman–Crippen MR) is 84.2 cm³/mol. The summed E-state index contributed by atoms with van der Waals surface area (Å²) < 4.78 is 15.6. The summed E-state index contributed by atoms with van der Waals surface area (Å²) in [5, 5.41) is 0. The summed E-state index contributed by atoms with van der Waals surface area (Å²) in [4.78, 5) is 11.9. The molecule has 114 valence electrons. The average molecular weight is 298 g/mol. The first-order chi connectivity index (χ1) is 10.8. The molecule has 0 aliphatic heterocycles. The van der Waals surface area contributed by atoms with E-state index in [1.165, 1.54) is 20.5 Å². The minimum atomic E-state index is -0.450. The number of benzene rings is 2. The van der Waals surface area contributed by atoms with Crippen molar-refractivity contribution in [3.8, 4) is 5.75 Å². The largest absolute Gasteiger partial charge is 0.503 e. The smallest absolute Gasteiger partial charge is 0.341 e. The van der Waals surface area contributed by atoms with Gasteiger partial charge in [0.05, 0.1) is 20.5 Å². The van der Waals surface area contributed by atoms with Gasteiger partial charge in [0.15, 0.2) is 0 Å². The molecule has 2 rings (SSSR count). The van der Waals surface area contributed by atoms with Gasteiger partial charge in [-0.15, -0.1) is 0 Å². The van der Waals surface area contributed by atoms with E-state index in [1.807, 2.05) is 54.6 Å². The van der Waals surface area contributed by atoms with Gasteiger partial charge in [-0.2, -0.15) is 0 Å². The number of ether oxygens (including phenoxy) is 3. The first-order valence-electron chi connectivity index (χ1n) is 6.83. The monoisotopic (exact) mass is 298 g/mol. The van der Waals surface area contributed by atoms with Gasteiger partial charge in [0.1, 0.15) is 17.9 Å². The van der Waals surface area contributed by atoms with Gasteiger partial charge in [-0.05, 0) is 23.3 Å². The van der Waals surface area contributed by atoms with Gasteiger partial charge in [-0.3, -0.25) is 0 Å². The van der Waals surface area contributed by atoms with Gasteiger partial charge in [0.2, 0.25) is 0 Å². The van der Waals surface area contributed by atoms with Gasteiger partial charge in [-0.25, -0.2) is 4.79 Å². The van der Waals surface area contributed by atoms with Crippen LogP contribution in [0, 0.1) is 0 Å². The molecule has 4 heteroatoms. The predicted octanol–water partition coefficient (Wildman–Crippen LogP) is 3.43. The third-order valence-corrected chi connectivity index (χ3v) is 3.09. The highest BCUT2D eigenvalue weighted by atomic mass is 16.5. The van der Waals surface area contributed by atoms with E-state index in [0.29, 0.717) is 12.2 Å². The molecule has 0 aliphatic rings. The Kier molecular flexibility index (Phi) is 5.60. The van der Waals surface area contributed by atoms with Gasteiger partial charge in [0.25, 0.3) is 0 Å². The second-order valence-corrected chi connectivity index (χ2v) is 4.52. The Morgan fingerprint density at radius 3 is 2.36 bits per heavy atom. The number of rotatable bonds is 6. The van der Waals surface area contributed by atoms with E-state index in [-0.39, 0.29) is 0 Å². The molecule has 0 radical (unpaired) electrons. The second kappa shape index (κ2) is 7.88. The topological polar surface area (TPSA) is 44.8 Å². The molecule has 0 unspecified atom stereocenters. The molecule has 2 aromatic carbocycles. The van der Waals surface area contributed by atoms with Crippen LogP contribution in [-0.2, 0) is 20.9 Å². The molecule has 22 heavy (non-hydrogen) atoms. The number of hydrogen-bond acceptors (Lipinski definition) is 4. The summed E-state index contributed by atoms with van der Waals surface area (Å²) in [6.07, 6.45) is 1.38. The van der Waals surface area contributed by atoms with Crippen LogP contribution in [0.3, 0.4) is 0 Å². The number of carbonyl (C=O) groups is 1. The Labute approximate surface area is 129 Å². The summed E-state index contributed by atoms with van der Waals surface area (Å²) in [5.41, 5.74) is 1.96. The van der Waals surface area contributed by atoms with E-state index in [1.54, 1.807) is 0 Å². The van der Waals surface area contributed by atoms with E-state index < -0.39 is 5.97 Å². The molecule has 0 heterocycles. The van der Waals surface area contributed by atoms with E-state index >= 15 is 0 Å². The number of para-hydroxylation sites is 1. The van der Waals surface area contributed by atoms with Crippen LogP contribution in [0.15, 0.2) is 60.9 Å². The van der Waals surface area contributed by atoms with Crippen molar-refractivity contribution in [3.63, 3.8) is 0 Å². The van der Waals surface area contributed by atoms with E-state index in [2.05, 4.69) is 0 Å². The number of esters is 1. The van der Waals surface area contributed by atoms with Gasteiger partial charge < -0.3 is 14.2 Å². The normalized spacial score (nSPS) is 10.9. The third-order valence-electron chi connectivity index (χ3n) is 3.09. The molecular formula is C18H18O4. The van der Waals surface area contributed by atoms with Gasteiger partial charge in [0, 0.05) is 0 Å². The van der Waals surface area contributed by atoms with Crippen molar-refractivity contribution in [1.29, 1.82) is 0 Å². The molecule has 0 saturated carbocycles. The summed E-state index contributed by atoms with van der Waals surface area (Å²) in [6, 6.07) is 17.0. The van der Waals surface area contributed by atoms with Crippen LogP contribution < -0.4 is 4.74 Å². The van der Waals surface area contributed by atoms with Gasteiger partial charge in [-0.1, -0.05) is 42.5 Å². The molecule has 2 aromatic rings. The maximum Gasteiger partial charge on any atom is 0.341 e. The fourth-order valence-corrected chi connectivity index (χ4v) is 2.04. The van der Waals surface area contributed by atoms with Crippen molar-refractivity contribution < 1.29 is 19.0 Å². The van der Waals surface area contributed by atoms with Crippen LogP contribution in [0.5, 0.6) is 5.75 Å². The molecule has 0 bridgehead atoms. The lowest BCUT2D eigenvalue weighted by Gasteiger charge is -2.12. The Balaban J connectivity index is 2.26. The molecular weight excluding hydrogens is 280 g/mol. The molecule has 0 amide bonds. The Morgan fingerprint density at radius 2 is 1.68 bits per heavy atom. The van der Waals surface area contributed by atoms with Crippen molar-refractivity contribution in [1.82, 2.24) is 0 Å². The average Bonchev–Trinajstić information content (AvgIpc) is 2.58. The number of methoxy groups -OCH3 is 2. The highest BCUT2D eigenvalue weighted by Crippen LogP contribution is 2.22. The molecule has 0 fully saturated rings. The number of hydrogen-bond donors (Lipinski definition) is 0. The minimum Gasteiger partial charge on any atom is -0.503 e. The SMILES string of the molecule is COC=C(C(=O)OC)c1ccccc1COc1ccccc1. The molecule has 4 nitrogen and oxygen atoms in total. The molecule has 0 N–H and O–H groups in total. The maximum atomic E-state index is 11.9. The van der Waals surface area contributed by atoms with Crippen molar-refractivity contribution >= 4 is 11.5 Å².